The molecule has 1 amide bonds. The topological polar surface area (TPSA) is 110 Å². The van der Waals surface area contributed by atoms with Crippen molar-refractivity contribution in [3.8, 4) is 0 Å². The molecule has 0 radical (unpaired) electrons. The van der Waals surface area contributed by atoms with Crippen molar-refractivity contribution >= 4 is 34.7 Å². The standard InChI is InChI=1S/C12H12N6O2S/c1-6-3-8(18-20-6)17-11(19)7(2)21-12-9-10(14-4-13-9)15-5-16-12/h3-5,7H,1-2H3,(H,17,18,19)(H,13,14,15,16)/t7-/m1/s1. The molecule has 0 saturated carbocycles. The van der Waals surface area contributed by atoms with E-state index < -0.39 is 0 Å². The highest BCUT2D eigenvalue weighted by molar-refractivity contribution is 8.00. The number of imidazole rings is 1. The van der Waals surface area contributed by atoms with Gasteiger partial charge in [-0.3, -0.25) is 4.79 Å². The quantitative estimate of drug-likeness (QED) is 0.558. The maximum Gasteiger partial charge on any atom is 0.238 e. The van der Waals surface area contributed by atoms with Gasteiger partial charge in [-0.25, -0.2) is 15.0 Å². The number of fused-ring (bicyclic) bond motifs is 1. The zero-order chi connectivity index (χ0) is 14.8. The first-order chi connectivity index (χ1) is 10.1. The maximum atomic E-state index is 12.1. The third kappa shape index (κ3) is 2.87. The van der Waals surface area contributed by atoms with Gasteiger partial charge in [-0.1, -0.05) is 16.9 Å². The molecule has 0 unspecified atom stereocenters. The van der Waals surface area contributed by atoms with E-state index in [1.54, 1.807) is 26.2 Å². The molecular weight excluding hydrogens is 292 g/mol. The molecule has 3 heterocycles. The number of aromatic nitrogens is 5. The van der Waals surface area contributed by atoms with Gasteiger partial charge in [0, 0.05) is 6.07 Å². The van der Waals surface area contributed by atoms with Crippen molar-refractivity contribution in [1.82, 2.24) is 25.1 Å². The van der Waals surface area contributed by atoms with Crippen LogP contribution in [0, 0.1) is 6.92 Å². The van der Waals surface area contributed by atoms with E-state index in [1.165, 1.54) is 18.1 Å². The minimum atomic E-state index is -0.358. The van der Waals surface area contributed by atoms with E-state index in [0.717, 1.165) is 5.52 Å². The zero-order valence-electron chi connectivity index (χ0n) is 11.3. The van der Waals surface area contributed by atoms with Gasteiger partial charge in [0.15, 0.2) is 11.5 Å². The highest BCUT2D eigenvalue weighted by Crippen LogP contribution is 2.26. The fourth-order valence-electron chi connectivity index (χ4n) is 1.71. The normalized spacial score (nSPS) is 12.5. The molecule has 3 aromatic heterocycles. The summed E-state index contributed by atoms with van der Waals surface area (Å²) in [5, 5.41) is 6.74. The third-order valence-corrected chi connectivity index (χ3v) is 3.83. The van der Waals surface area contributed by atoms with Crippen molar-refractivity contribution < 1.29 is 9.32 Å². The Balaban J connectivity index is 1.72. The van der Waals surface area contributed by atoms with Crippen LogP contribution >= 0.6 is 11.8 Å². The van der Waals surface area contributed by atoms with Gasteiger partial charge in [0.25, 0.3) is 0 Å². The van der Waals surface area contributed by atoms with Crippen molar-refractivity contribution in [3.63, 3.8) is 0 Å². The summed E-state index contributed by atoms with van der Waals surface area (Å²) in [5.74, 6) is 0.861. The molecule has 0 aliphatic rings. The van der Waals surface area contributed by atoms with Gasteiger partial charge in [-0.05, 0) is 13.8 Å². The van der Waals surface area contributed by atoms with Crippen molar-refractivity contribution in [2.24, 2.45) is 0 Å². The molecule has 108 valence electrons. The number of thioether (sulfide) groups is 1. The van der Waals surface area contributed by atoms with Gasteiger partial charge in [0.05, 0.1) is 11.6 Å². The molecule has 2 N–H and O–H groups in total. The van der Waals surface area contributed by atoms with Crippen LogP contribution in [0.15, 0.2) is 28.3 Å². The average Bonchev–Trinajstić information content (AvgIpc) is 3.08. The number of carbonyl (C=O) groups is 1. The minimum absolute atomic E-state index is 0.181. The molecule has 0 aliphatic heterocycles. The minimum Gasteiger partial charge on any atom is -0.360 e. The van der Waals surface area contributed by atoms with E-state index in [1.807, 2.05) is 0 Å². The molecule has 0 spiro atoms. The fourth-order valence-corrected chi connectivity index (χ4v) is 2.58. The van der Waals surface area contributed by atoms with Crippen LogP contribution in [0.1, 0.15) is 12.7 Å². The number of anilines is 1. The second-order valence-electron chi connectivity index (χ2n) is 4.35. The van der Waals surface area contributed by atoms with Crippen LogP contribution in [-0.4, -0.2) is 36.2 Å². The monoisotopic (exact) mass is 304 g/mol. The summed E-state index contributed by atoms with van der Waals surface area (Å²) in [6, 6.07) is 1.66. The van der Waals surface area contributed by atoms with Crippen LogP contribution in [0.2, 0.25) is 0 Å². The Kier molecular flexibility index (Phi) is 3.57. The lowest BCUT2D eigenvalue weighted by molar-refractivity contribution is -0.115. The molecule has 0 saturated heterocycles. The molecule has 9 heteroatoms. The Morgan fingerprint density at radius 3 is 3.05 bits per heavy atom. The summed E-state index contributed by atoms with van der Waals surface area (Å²) in [7, 11) is 0. The first-order valence-corrected chi connectivity index (χ1v) is 7.06. The van der Waals surface area contributed by atoms with Crippen LogP contribution in [0.4, 0.5) is 5.82 Å². The summed E-state index contributed by atoms with van der Waals surface area (Å²) < 4.78 is 4.91. The predicted molar refractivity (Wildman–Crippen MR) is 76.9 cm³/mol. The van der Waals surface area contributed by atoms with Crippen LogP contribution in [0.3, 0.4) is 0 Å². The number of nitrogens with one attached hydrogen (secondary N) is 2. The number of nitrogens with zero attached hydrogens (tertiary/aromatic N) is 4. The summed E-state index contributed by atoms with van der Waals surface area (Å²) in [6.45, 7) is 3.55. The lowest BCUT2D eigenvalue weighted by atomic mass is 10.4. The fraction of sp³-hybridized carbons (Fsp3) is 0.250. The molecule has 0 aromatic carbocycles. The number of aryl methyl sites for hydroxylation is 1. The Labute approximate surface area is 123 Å². The lowest BCUT2D eigenvalue weighted by Gasteiger charge is -2.09. The highest BCUT2D eigenvalue weighted by atomic mass is 32.2. The predicted octanol–water partition coefficient (Wildman–Crippen LogP) is 1.77. The number of amides is 1. The third-order valence-electron chi connectivity index (χ3n) is 2.73. The van der Waals surface area contributed by atoms with E-state index >= 15 is 0 Å². The second kappa shape index (κ2) is 5.52. The average molecular weight is 304 g/mol. The summed E-state index contributed by atoms with van der Waals surface area (Å²) in [5.41, 5.74) is 1.30. The Hall–Kier alpha value is -2.42. The van der Waals surface area contributed by atoms with E-state index in [-0.39, 0.29) is 11.2 Å². The first-order valence-electron chi connectivity index (χ1n) is 6.18. The number of hydrogen-bond donors (Lipinski definition) is 2. The van der Waals surface area contributed by atoms with Crippen LogP contribution in [0.25, 0.3) is 11.2 Å². The second-order valence-corrected chi connectivity index (χ2v) is 5.68. The highest BCUT2D eigenvalue weighted by Gasteiger charge is 2.18. The number of H-pyrrole nitrogens is 1. The molecule has 3 aromatic rings. The van der Waals surface area contributed by atoms with Crippen molar-refractivity contribution in [1.29, 1.82) is 0 Å². The summed E-state index contributed by atoms with van der Waals surface area (Å²) in [6.07, 6.45) is 2.98. The zero-order valence-corrected chi connectivity index (χ0v) is 12.1. The van der Waals surface area contributed by atoms with Gasteiger partial charge in [-0.15, -0.1) is 0 Å². The molecule has 0 aliphatic carbocycles. The lowest BCUT2D eigenvalue weighted by Crippen LogP contribution is -2.22. The SMILES string of the molecule is Cc1cc(NC(=O)[C@@H](C)Sc2ncnc3nc[nH]c23)no1. The van der Waals surface area contributed by atoms with Crippen molar-refractivity contribution in [2.75, 3.05) is 5.32 Å². The molecule has 0 bridgehead atoms. The Bertz CT molecular complexity index is 783. The van der Waals surface area contributed by atoms with Gasteiger partial charge >= 0.3 is 0 Å². The van der Waals surface area contributed by atoms with Crippen molar-refractivity contribution in [3.05, 3.63) is 24.5 Å². The van der Waals surface area contributed by atoms with Crippen LogP contribution in [-0.2, 0) is 4.79 Å². The van der Waals surface area contributed by atoms with E-state index in [0.29, 0.717) is 22.3 Å². The summed E-state index contributed by atoms with van der Waals surface area (Å²) in [4.78, 5) is 27.4. The molecule has 1 atom stereocenters. The molecule has 3 rings (SSSR count). The van der Waals surface area contributed by atoms with E-state index in [9.17, 15) is 4.79 Å². The summed E-state index contributed by atoms with van der Waals surface area (Å²) >= 11 is 1.32. The largest absolute Gasteiger partial charge is 0.360 e. The van der Waals surface area contributed by atoms with E-state index in [2.05, 4.69) is 30.4 Å². The maximum absolute atomic E-state index is 12.1. The number of aromatic amines is 1. The van der Waals surface area contributed by atoms with Crippen molar-refractivity contribution in [2.45, 2.75) is 24.1 Å². The van der Waals surface area contributed by atoms with Gasteiger partial charge in [-0.2, -0.15) is 0 Å². The first kappa shape index (κ1) is 13.6. The van der Waals surface area contributed by atoms with Gasteiger partial charge in [0.1, 0.15) is 22.6 Å². The number of hydrogen-bond acceptors (Lipinski definition) is 7. The molecule has 8 nitrogen and oxygen atoms in total. The van der Waals surface area contributed by atoms with Gasteiger partial charge in [0.2, 0.25) is 5.91 Å². The smallest absolute Gasteiger partial charge is 0.238 e. The number of carbonyl (C=O) groups excluding carboxylic acids is 1. The Morgan fingerprint density at radius 1 is 1.43 bits per heavy atom. The van der Waals surface area contributed by atoms with Crippen LogP contribution in [0.5, 0.6) is 0 Å². The van der Waals surface area contributed by atoms with Gasteiger partial charge < -0.3 is 14.8 Å². The van der Waals surface area contributed by atoms with Crippen LogP contribution < -0.4 is 5.32 Å². The number of rotatable bonds is 4. The molecule has 0 fully saturated rings. The molecule has 21 heavy (non-hydrogen) atoms. The van der Waals surface area contributed by atoms with E-state index in [4.69, 9.17) is 4.52 Å². The Morgan fingerprint density at radius 2 is 2.29 bits per heavy atom. The molecular formula is C12H12N6O2S.